The van der Waals surface area contributed by atoms with Gasteiger partial charge in [-0.15, -0.1) is 0 Å². The summed E-state index contributed by atoms with van der Waals surface area (Å²) in [5.74, 6) is -0.0519. The number of nitrogens with one attached hydrogen (secondary N) is 1. The monoisotopic (exact) mass is 307 g/mol. The molecule has 2 aromatic carbocycles. The predicted molar refractivity (Wildman–Crippen MR) is 90.2 cm³/mol. The van der Waals surface area contributed by atoms with E-state index in [9.17, 15) is 9.90 Å². The van der Waals surface area contributed by atoms with Gasteiger partial charge in [0.05, 0.1) is 6.04 Å². The Hall–Kier alpha value is -2.92. The molecule has 116 valence electrons. The predicted octanol–water partition coefficient (Wildman–Crippen LogP) is 2.45. The van der Waals surface area contributed by atoms with Gasteiger partial charge in [0, 0.05) is 23.5 Å². The number of pyridine rings is 1. The summed E-state index contributed by atoms with van der Waals surface area (Å²) >= 11 is 0. The van der Waals surface area contributed by atoms with Crippen molar-refractivity contribution in [3.8, 4) is 5.75 Å². The highest BCUT2D eigenvalue weighted by atomic mass is 16.3. The molecule has 23 heavy (non-hydrogen) atoms. The van der Waals surface area contributed by atoms with E-state index in [1.807, 2.05) is 24.3 Å². The molecule has 3 aromatic rings. The van der Waals surface area contributed by atoms with Gasteiger partial charge in [-0.3, -0.25) is 9.78 Å². The zero-order valence-electron chi connectivity index (χ0n) is 12.4. The maximum absolute atomic E-state index is 12.2. The summed E-state index contributed by atoms with van der Waals surface area (Å²) in [7, 11) is 0. The van der Waals surface area contributed by atoms with Crippen LogP contribution in [-0.4, -0.2) is 22.0 Å². The molecule has 0 fully saturated rings. The van der Waals surface area contributed by atoms with E-state index in [1.54, 1.807) is 36.7 Å². The van der Waals surface area contributed by atoms with Gasteiger partial charge in [0.25, 0.3) is 0 Å². The molecule has 5 heteroatoms. The van der Waals surface area contributed by atoms with Gasteiger partial charge >= 0.3 is 0 Å². The molecule has 0 saturated heterocycles. The Bertz CT molecular complexity index is 831. The Morgan fingerprint density at radius 3 is 2.70 bits per heavy atom. The molecular weight excluding hydrogens is 290 g/mol. The summed E-state index contributed by atoms with van der Waals surface area (Å²) in [5, 5.41) is 14.1. The van der Waals surface area contributed by atoms with E-state index < -0.39 is 6.04 Å². The van der Waals surface area contributed by atoms with Gasteiger partial charge in [-0.1, -0.05) is 18.2 Å². The van der Waals surface area contributed by atoms with Crippen LogP contribution in [0.15, 0.2) is 60.9 Å². The van der Waals surface area contributed by atoms with Gasteiger partial charge in [0.15, 0.2) is 0 Å². The van der Waals surface area contributed by atoms with Crippen molar-refractivity contribution in [2.75, 3.05) is 5.32 Å². The van der Waals surface area contributed by atoms with Crippen molar-refractivity contribution in [1.29, 1.82) is 0 Å². The number of anilines is 1. The van der Waals surface area contributed by atoms with Crippen LogP contribution in [0.25, 0.3) is 10.8 Å². The molecule has 0 bridgehead atoms. The number of aromatic hydroxyl groups is 1. The third kappa shape index (κ3) is 3.64. The molecule has 5 nitrogen and oxygen atoms in total. The van der Waals surface area contributed by atoms with Crippen molar-refractivity contribution in [3.63, 3.8) is 0 Å². The second kappa shape index (κ2) is 6.46. The number of hydrogen-bond acceptors (Lipinski definition) is 4. The number of nitrogens with zero attached hydrogens (tertiary/aromatic N) is 1. The van der Waals surface area contributed by atoms with Gasteiger partial charge in [-0.2, -0.15) is 0 Å². The third-order valence-corrected chi connectivity index (χ3v) is 3.64. The number of benzene rings is 2. The van der Waals surface area contributed by atoms with Crippen molar-refractivity contribution in [1.82, 2.24) is 4.98 Å². The number of carbonyl (C=O) groups excluding carboxylic acids is 1. The molecule has 0 aliphatic rings. The Morgan fingerprint density at radius 1 is 1.13 bits per heavy atom. The molecule has 0 radical (unpaired) electrons. The molecule has 1 atom stereocenters. The van der Waals surface area contributed by atoms with E-state index in [2.05, 4.69) is 10.3 Å². The van der Waals surface area contributed by atoms with Crippen molar-refractivity contribution in [2.45, 2.75) is 12.5 Å². The number of phenols is 1. The summed E-state index contributed by atoms with van der Waals surface area (Å²) in [6, 6.07) is 13.5. The highest BCUT2D eigenvalue weighted by Crippen LogP contribution is 2.18. The van der Waals surface area contributed by atoms with Crippen molar-refractivity contribution < 1.29 is 9.90 Å². The smallest absolute Gasteiger partial charge is 0.241 e. The standard InChI is InChI=1S/C18H17N3O2/c19-17(9-12-1-5-16(22)6-2-12)18(23)21-15-4-3-14-11-20-8-7-13(14)10-15/h1-8,10-11,17,22H,9,19H2,(H,21,23). The summed E-state index contributed by atoms with van der Waals surface area (Å²) in [6.45, 7) is 0. The average Bonchev–Trinajstić information content (AvgIpc) is 2.56. The SMILES string of the molecule is NC(Cc1ccc(O)cc1)C(=O)Nc1ccc2cnccc2c1. The summed E-state index contributed by atoms with van der Waals surface area (Å²) < 4.78 is 0. The Kier molecular flexibility index (Phi) is 4.21. The molecule has 1 amide bonds. The molecular formula is C18H17N3O2. The molecule has 1 aromatic heterocycles. The van der Waals surface area contributed by atoms with Crippen molar-refractivity contribution in [3.05, 3.63) is 66.5 Å². The lowest BCUT2D eigenvalue weighted by Gasteiger charge is -2.13. The van der Waals surface area contributed by atoms with Crippen LogP contribution in [-0.2, 0) is 11.2 Å². The highest BCUT2D eigenvalue weighted by molar-refractivity contribution is 5.97. The zero-order chi connectivity index (χ0) is 16.2. The molecule has 1 unspecified atom stereocenters. The van der Waals surface area contributed by atoms with E-state index in [0.29, 0.717) is 12.1 Å². The Morgan fingerprint density at radius 2 is 1.91 bits per heavy atom. The average molecular weight is 307 g/mol. The van der Waals surface area contributed by atoms with Crippen LogP contribution < -0.4 is 11.1 Å². The van der Waals surface area contributed by atoms with Gasteiger partial charge in [-0.25, -0.2) is 0 Å². The molecule has 3 rings (SSSR count). The van der Waals surface area contributed by atoms with Gasteiger partial charge < -0.3 is 16.2 Å². The van der Waals surface area contributed by atoms with Crippen molar-refractivity contribution >= 4 is 22.4 Å². The second-order valence-electron chi connectivity index (χ2n) is 5.40. The third-order valence-electron chi connectivity index (χ3n) is 3.64. The fraction of sp³-hybridized carbons (Fsp3) is 0.111. The van der Waals surface area contributed by atoms with Crippen LogP contribution in [0.3, 0.4) is 0 Å². The minimum absolute atomic E-state index is 0.192. The number of aromatic nitrogens is 1. The molecule has 4 N–H and O–H groups in total. The lowest BCUT2D eigenvalue weighted by Crippen LogP contribution is -2.37. The van der Waals surface area contributed by atoms with E-state index >= 15 is 0 Å². The summed E-state index contributed by atoms with van der Waals surface area (Å²) in [5.41, 5.74) is 7.56. The highest BCUT2D eigenvalue weighted by Gasteiger charge is 2.14. The largest absolute Gasteiger partial charge is 0.508 e. The van der Waals surface area contributed by atoms with Gasteiger partial charge in [0.2, 0.25) is 5.91 Å². The summed E-state index contributed by atoms with van der Waals surface area (Å²) in [4.78, 5) is 16.3. The number of fused-ring (bicyclic) bond motifs is 1. The van der Waals surface area contributed by atoms with Crippen LogP contribution in [0, 0.1) is 0 Å². The number of nitrogens with two attached hydrogens (primary N) is 1. The van der Waals surface area contributed by atoms with E-state index in [0.717, 1.165) is 16.3 Å². The first kappa shape index (κ1) is 15.0. The van der Waals surface area contributed by atoms with Crippen molar-refractivity contribution in [2.24, 2.45) is 5.73 Å². The van der Waals surface area contributed by atoms with Crippen LogP contribution >= 0.6 is 0 Å². The number of rotatable bonds is 4. The fourth-order valence-corrected chi connectivity index (χ4v) is 2.37. The molecule has 0 aliphatic carbocycles. The molecule has 0 aliphatic heterocycles. The first-order valence-corrected chi connectivity index (χ1v) is 7.30. The van der Waals surface area contributed by atoms with Gasteiger partial charge in [-0.05, 0) is 47.7 Å². The number of amides is 1. The number of phenolic OH excluding ortho intramolecular Hbond substituents is 1. The molecule has 1 heterocycles. The van der Waals surface area contributed by atoms with E-state index in [-0.39, 0.29) is 11.7 Å². The quantitative estimate of drug-likeness (QED) is 0.691. The van der Waals surface area contributed by atoms with Crippen LogP contribution in [0.2, 0.25) is 0 Å². The maximum Gasteiger partial charge on any atom is 0.241 e. The molecule has 0 spiro atoms. The topological polar surface area (TPSA) is 88.2 Å². The molecule has 0 saturated carbocycles. The fourth-order valence-electron chi connectivity index (χ4n) is 2.37. The lowest BCUT2D eigenvalue weighted by molar-refractivity contribution is -0.117. The summed E-state index contributed by atoms with van der Waals surface area (Å²) in [6.07, 6.45) is 3.89. The van der Waals surface area contributed by atoms with Crippen LogP contribution in [0.5, 0.6) is 5.75 Å². The first-order chi connectivity index (χ1) is 11.1. The Labute approximate surface area is 133 Å². The van der Waals surface area contributed by atoms with Crippen LogP contribution in [0.4, 0.5) is 5.69 Å². The van der Waals surface area contributed by atoms with Gasteiger partial charge in [0.1, 0.15) is 5.75 Å². The normalized spacial score (nSPS) is 12.0. The zero-order valence-corrected chi connectivity index (χ0v) is 12.4. The minimum Gasteiger partial charge on any atom is -0.508 e. The van der Waals surface area contributed by atoms with E-state index in [4.69, 9.17) is 5.73 Å². The number of carbonyl (C=O) groups is 1. The first-order valence-electron chi connectivity index (χ1n) is 7.30. The van der Waals surface area contributed by atoms with E-state index in [1.165, 1.54) is 0 Å². The van der Waals surface area contributed by atoms with Crippen LogP contribution in [0.1, 0.15) is 5.56 Å². The second-order valence-corrected chi connectivity index (χ2v) is 5.40. The Balaban J connectivity index is 1.68. The lowest BCUT2D eigenvalue weighted by atomic mass is 10.1. The maximum atomic E-state index is 12.2. The number of hydrogen-bond donors (Lipinski definition) is 3. The minimum atomic E-state index is -0.660.